The fraction of sp³-hybridized carbons (Fsp3) is 0.600. The first-order valence-electron chi connectivity index (χ1n) is 6.51. The van der Waals surface area contributed by atoms with E-state index in [1.54, 1.807) is 7.11 Å². The van der Waals surface area contributed by atoms with Crippen molar-refractivity contribution in [2.75, 3.05) is 13.7 Å². The molecule has 0 amide bonds. The molecule has 1 atom stereocenters. The van der Waals surface area contributed by atoms with Crippen LogP contribution in [0.5, 0.6) is 5.75 Å². The van der Waals surface area contributed by atoms with Crippen LogP contribution >= 0.6 is 0 Å². The quantitative estimate of drug-likeness (QED) is 0.784. The van der Waals surface area contributed by atoms with Crippen LogP contribution in [0.25, 0.3) is 0 Å². The molecule has 0 fully saturated rings. The lowest BCUT2D eigenvalue weighted by atomic mass is 9.89. The van der Waals surface area contributed by atoms with Crippen LogP contribution in [0.15, 0.2) is 24.3 Å². The number of hydrogen-bond donors (Lipinski definition) is 1. The predicted octanol–water partition coefficient (Wildman–Crippen LogP) is 3.56. The molecule has 0 aliphatic rings. The summed E-state index contributed by atoms with van der Waals surface area (Å²) in [6.07, 6.45) is 3.55. The summed E-state index contributed by atoms with van der Waals surface area (Å²) in [6.45, 7) is 5.30. The molecule has 17 heavy (non-hydrogen) atoms. The molecule has 0 heterocycles. The highest BCUT2D eigenvalue weighted by Gasteiger charge is 2.11. The Labute approximate surface area is 105 Å². The van der Waals surface area contributed by atoms with Gasteiger partial charge in [-0.05, 0) is 48.9 Å². The fourth-order valence-corrected chi connectivity index (χ4v) is 2.09. The second kappa shape index (κ2) is 7.33. The number of rotatable bonds is 7. The van der Waals surface area contributed by atoms with E-state index < -0.39 is 0 Å². The summed E-state index contributed by atoms with van der Waals surface area (Å²) >= 11 is 0. The van der Waals surface area contributed by atoms with E-state index in [1.807, 2.05) is 12.1 Å². The summed E-state index contributed by atoms with van der Waals surface area (Å²) in [5.41, 5.74) is 7.09. The first-order valence-corrected chi connectivity index (χ1v) is 6.51. The van der Waals surface area contributed by atoms with Crippen molar-refractivity contribution in [1.82, 2.24) is 0 Å². The van der Waals surface area contributed by atoms with Crippen LogP contribution in [0.3, 0.4) is 0 Å². The molecule has 0 saturated carbocycles. The first-order chi connectivity index (χ1) is 8.17. The van der Waals surface area contributed by atoms with Crippen LogP contribution < -0.4 is 10.5 Å². The zero-order valence-electron chi connectivity index (χ0n) is 11.3. The Morgan fingerprint density at radius 3 is 2.18 bits per heavy atom. The molecule has 2 N–H and O–H groups in total. The zero-order valence-corrected chi connectivity index (χ0v) is 11.3. The molecule has 96 valence electrons. The van der Waals surface area contributed by atoms with Crippen molar-refractivity contribution in [2.24, 2.45) is 11.7 Å². The molecule has 0 aromatic heterocycles. The molecule has 0 aliphatic carbocycles. The van der Waals surface area contributed by atoms with Gasteiger partial charge in [0.05, 0.1) is 7.11 Å². The molecule has 2 nitrogen and oxygen atoms in total. The van der Waals surface area contributed by atoms with Gasteiger partial charge in [-0.1, -0.05) is 32.4 Å². The lowest BCUT2D eigenvalue weighted by molar-refractivity contribution is 0.414. The average molecular weight is 235 g/mol. The van der Waals surface area contributed by atoms with E-state index in [0.717, 1.165) is 24.6 Å². The summed E-state index contributed by atoms with van der Waals surface area (Å²) < 4.78 is 5.18. The van der Waals surface area contributed by atoms with Crippen LogP contribution in [0.4, 0.5) is 0 Å². The van der Waals surface area contributed by atoms with Crippen molar-refractivity contribution in [3.05, 3.63) is 29.8 Å². The van der Waals surface area contributed by atoms with Crippen LogP contribution in [0.2, 0.25) is 0 Å². The molecule has 1 rings (SSSR count). The second-order valence-electron chi connectivity index (χ2n) is 5.02. The predicted molar refractivity (Wildman–Crippen MR) is 73.5 cm³/mol. The van der Waals surface area contributed by atoms with Gasteiger partial charge < -0.3 is 10.5 Å². The molecule has 0 unspecified atom stereocenters. The van der Waals surface area contributed by atoms with Gasteiger partial charge in [0.15, 0.2) is 0 Å². The molecule has 0 saturated heterocycles. The second-order valence-corrected chi connectivity index (χ2v) is 5.02. The van der Waals surface area contributed by atoms with Gasteiger partial charge >= 0.3 is 0 Å². The van der Waals surface area contributed by atoms with Crippen molar-refractivity contribution in [1.29, 1.82) is 0 Å². The van der Waals surface area contributed by atoms with E-state index in [0.29, 0.717) is 5.92 Å². The molecule has 0 bridgehead atoms. The third-order valence-electron chi connectivity index (χ3n) is 3.19. The fourth-order valence-electron chi connectivity index (χ4n) is 2.09. The molecule has 0 spiro atoms. The summed E-state index contributed by atoms with van der Waals surface area (Å²) in [5, 5.41) is 0. The normalized spacial score (nSPS) is 12.8. The van der Waals surface area contributed by atoms with Crippen LogP contribution in [-0.4, -0.2) is 13.7 Å². The number of methoxy groups -OCH3 is 1. The Morgan fingerprint density at radius 2 is 1.71 bits per heavy atom. The largest absolute Gasteiger partial charge is 0.497 e. The molecule has 0 radical (unpaired) electrons. The zero-order chi connectivity index (χ0) is 12.7. The Bertz CT molecular complexity index is 305. The van der Waals surface area contributed by atoms with Crippen molar-refractivity contribution in [2.45, 2.75) is 39.0 Å². The average Bonchev–Trinajstić information content (AvgIpc) is 2.34. The highest BCUT2D eigenvalue weighted by Crippen LogP contribution is 2.27. The minimum absolute atomic E-state index is 0.591. The number of benzene rings is 1. The first kappa shape index (κ1) is 14.0. The van der Waals surface area contributed by atoms with Gasteiger partial charge in [0, 0.05) is 0 Å². The van der Waals surface area contributed by atoms with Crippen LogP contribution in [-0.2, 0) is 0 Å². The topological polar surface area (TPSA) is 35.2 Å². The standard InChI is InChI=1S/C15H25NO/c1-12(2)4-5-14(10-11-16)13-6-8-15(17-3)9-7-13/h6-9,12,14H,4-5,10-11,16H2,1-3H3/t14-/m1/s1. The third-order valence-corrected chi connectivity index (χ3v) is 3.19. The van der Waals surface area contributed by atoms with E-state index in [2.05, 4.69) is 26.0 Å². The number of hydrogen-bond acceptors (Lipinski definition) is 2. The maximum Gasteiger partial charge on any atom is 0.118 e. The maximum atomic E-state index is 5.70. The minimum atomic E-state index is 0.591. The third kappa shape index (κ3) is 4.78. The van der Waals surface area contributed by atoms with E-state index in [-0.39, 0.29) is 0 Å². The van der Waals surface area contributed by atoms with Gasteiger partial charge in [-0.2, -0.15) is 0 Å². The van der Waals surface area contributed by atoms with Crippen molar-refractivity contribution >= 4 is 0 Å². The summed E-state index contributed by atoms with van der Waals surface area (Å²) in [7, 11) is 1.70. The monoisotopic (exact) mass is 235 g/mol. The van der Waals surface area contributed by atoms with Crippen molar-refractivity contribution in [3.8, 4) is 5.75 Å². The van der Waals surface area contributed by atoms with Gasteiger partial charge in [0.25, 0.3) is 0 Å². The Hall–Kier alpha value is -1.02. The minimum Gasteiger partial charge on any atom is -0.497 e. The highest BCUT2D eigenvalue weighted by molar-refractivity contribution is 5.29. The summed E-state index contributed by atoms with van der Waals surface area (Å²) in [6, 6.07) is 8.40. The number of ether oxygens (including phenoxy) is 1. The van der Waals surface area contributed by atoms with Crippen molar-refractivity contribution < 1.29 is 4.74 Å². The summed E-state index contributed by atoms with van der Waals surface area (Å²) in [4.78, 5) is 0. The Kier molecular flexibility index (Phi) is 6.06. The van der Waals surface area contributed by atoms with Gasteiger partial charge in [-0.3, -0.25) is 0 Å². The van der Waals surface area contributed by atoms with Crippen molar-refractivity contribution in [3.63, 3.8) is 0 Å². The van der Waals surface area contributed by atoms with E-state index in [9.17, 15) is 0 Å². The van der Waals surface area contributed by atoms with E-state index in [4.69, 9.17) is 10.5 Å². The van der Waals surface area contributed by atoms with Crippen LogP contribution in [0.1, 0.15) is 44.6 Å². The smallest absolute Gasteiger partial charge is 0.118 e. The number of nitrogens with two attached hydrogens (primary N) is 1. The lowest BCUT2D eigenvalue weighted by Crippen LogP contribution is -2.08. The molecular weight excluding hydrogens is 210 g/mol. The van der Waals surface area contributed by atoms with E-state index in [1.165, 1.54) is 18.4 Å². The molecule has 0 aliphatic heterocycles. The molecule has 1 aromatic carbocycles. The van der Waals surface area contributed by atoms with Gasteiger partial charge in [0.2, 0.25) is 0 Å². The highest BCUT2D eigenvalue weighted by atomic mass is 16.5. The summed E-state index contributed by atoms with van der Waals surface area (Å²) in [5.74, 6) is 2.27. The SMILES string of the molecule is COc1ccc([C@@H](CCN)CCC(C)C)cc1. The molecular formula is C15H25NO. The lowest BCUT2D eigenvalue weighted by Gasteiger charge is -2.18. The molecule has 1 aromatic rings. The Morgan fingerprint density at radius 1 is 1.06 bits per heavy atom. The maximum absolute atomic E-state index is 5.70. The van der Waals surface area contributed by atoms with Gasteiger partial charge in [0.1, 0.15) is 5.75 Å². The Balaban J connectivity index is 2.67. The van der Waals surface area contributed by atoms with Gasteiger partial charge in [-0.15, -0.1) is 0 Å². The van der Waals surface area contributed by atoms with E-state index >= 15 is 0 Å². The molecule has 2 heteroatoms. The van der Waals surface area contributed by atoms with Crippen LogP contribution in [0, 0.1) is 5.92 Å². The van der Waals surface area contributed by atoms with Gasteiger partial charge in [-0.25, -0.2) is 0 Å².